The molecule has 0 aliphatic carbocycles. The molecule has 5 heteroatoms. The maximum absolute atomic E-state index is 2.30. The fraction of sp³-hybridized carbons (Fsp3) is 0.0952. The van der Waals surface area contributed by atoms with E-state index in [1.165, 1.54) is 190 Å². The highest BCUT2D eigenvalue weighted by atomic mass is 14.9. The lowest BCUT2D eigenvalue weighted by Crippen LogP contribution is -2.25. The highest BCUT2D eigenvalue weighted by Gasteiger charge is 2.14. The number of hydrogen-bond donors (Lipinski definition) is 0. The summed E-state index contributed by atoms with van der Waals surface area (Å²) in [6, 6.07) is 102. The third kappa shape index (κ3) is 15.5. The Kier molecular flexibility index (Phi) is 19.9. The van der Waals surface area contributed by atoms with E-state index in [4.69, 9.17) is 0 Å². The zero-order valence-electron chi connectivity index (χ0n) is 64.4. The van der Waals surface area contributed by atoms with E-state index < -0.39 is 0 Å². The Balaban J connectivity index is 0.000000106. The minimum absolute atomic E-state index is 1.21. The van der Waals surface area contributed by atoms with Crippen molar-refractivity contribution in [2.24, 2.45) is 35.2 Å². The van der Waals surface area contributed by atoms with E-state index >= 15 is 0 Å². The quantitative estimate of drug-likeness (QED) is 0.121. The molecule has 0 aliphatic heterocycles. The maximum atomic E-state index is 2.30. The van der Waals surface area contributed by atoms with Crippen molar-refractivity contribution < 1.29 is 22.8 Å². The Morgan fingerprint density at radius 3 is 0.845 bits per heavy atom. The molecule has 20 aromatic rings. The van der Waals surface area contributed by atoms with Gasteiger partial charge in [-0.05, 0) is 207 Å². The molecule has 0 fully saturated rings. The Labute approximate surface area is 644 Å². The van der Waals surface area contributed by atoms with Crippen molar-refractivity contribution in [3.8, 4) is 11.1 Å². The summed E-state index contributed by atoms with van der Waals surface area (Å²) < 4.78 is 10.4. The Bertz CT molecular complexity index is 6640. The standard InChI is InChI=1S/C27H20N.C23H18N.C21H18N.C19H18N.C15H16N/c1-17-3-6-20-18(15-17)4-7-24-22(20)9-11-27-25-8-5-19-16-28(2)14-13-21(19)23(25)10-12-26(24)27;1-15-3-6-18-16(13-15)4-7-22-20(18)9-10-21-19-11-12-24(2)14-17(19)5-8-23(21)22;1-15-3-4-17-12-18(6-5-16(17)11-15)19-7-8-21-14-22(2)10-9-20(21)13-19;1-15-3-7-19-14-17(6-8-18(19)13-15)5-4-16-9-11-20(2)12-10-16;1-13-3-5-14(6-4-13)7-8-15-9-11-16(2)12-10-15/h3-16H,1-2H3;3-14H,1-2H3;3-14H,1-2H3;3-14H,1-2H3;3-12H,1-2H3/q5*+1/b;;;5-4+;8-7+. The number of aryl methyl sites for hydroxylation is 10. The van der Waals surface area contributed by atoms with Crippen LogP contribution in [0.5, 0.6) is 0 Å². The third-order valence-corrected chi connectivity index (χ3v) is 21.4. The number of aromatic nitrogens is 5. The molecule has 530 valence electrons. The number of benzene rings is 15. The van der Waals surface area contributed by atoms with E-state index in [2.05, 4.69) is 435 Å². The van der Waals surface area contributed by atoms with Crippen LogP contribution in [-0.4, -0.2) is 0 Å². The van der Waals surface area contributed by atoms with E-state index in [0.717, 1.165) is 0 Å². The predicted molar refractivity (Wildman–Crippen MR) is 468 cm³/mol. The van der Waals surface area contributed by atoms with Crippen molar-refractivity contribution in [1.29, 1.82) is 0 Å². The molecule has 110 heavy (non-hydrogen) atoms. The number of fused-ring (bicyclic) bond motifs is 19. The van der Waals surface area contributed by atoms with E-state index in [-0.39, 0.29) is 0 Å². The monoisotopic (exact) mass is 1420 g/mol. The zero-order chi connectivity index (χ0) is 75.5. The second-order valence-corrected chi connectivity index (χ2v) is 29.9. The fourth-order valence-electron chi connectivity index (χ4n) is 15.4. The van der Waals surface area contributed by atoms with E-state index in [9.17, 15) is 0 Å². The van der Waals surface area contributed by atoms with Gasteiger partial charge in [-0.2, -0.15) is 0 Å². The summed E-state index contributed by atoms with van der Waals surface area (Å²) in [5.74, 6) is 0. The van der Waals surface area contributed by atoms with Gasteiger partial charge in [0.25, 0.3) is 0 Å². The SMILES string of the molecule is Cc1ccc(/C=C/c2cc[n+](C)cc2)cc1.Cc1ccc2c(ccc3c2ccc2c4cc[n+](C)cc4ccc23)c1.Cc1ccc2c(ccc3c2ccc2c4ccc5c[n+](C)ccc5c4ccc32)c1.Cc1ccc2cc(-c3ccc4c[n+](C)ccc4c3)ccc2c1.Cc1ccc2cc(/C=C/c3cc[n+](C)cc3)ccc2c1. The van der Waals surface area contributed by atoms with E-state index in [0.29, 0.717) is 0 Å². The fourth-order valence-corrected chi connectivity index (χ4v) is 15.4. The normalized spacial score (nSPS) is 11.5. The van der Waals surface area contributed by atoms with Gasteiger partial charge < -0.3 is 0 Å². The van der Waals surface area contributed by atoms with Crippen LogP contribution in [0.4, 0.5) is 0 Å². The molecule has 0 aliphatic rings. The van der Waals surface area contributed by atoms with Gasteiger partial charge in [0.1, 0.15) is 35.2 Å². The number of rotatable bonds is 5. The highest BCUT2D eigenvalue weighted by molar-refractivity contribution is 6.25. The molecule has 20 rings (SSSR count). The van der Waals surface area contributed by atoms with Gasteiger partial charge in [0.15, 0.2) is 62.0 Å². The molecule has 0 N–H and O–H groups in total. The molecule has 0 unspecified atom stereocenters. The lowest BCUT2D eigenvalue weighted by molar-refractivity contribution is -0.671. The predicted octanol–water partition coefficient (Wildman–Crippen LogP) is 23.9. The molecule has 5 heterocycles. The zero-order valence-corrected chi connectivity index (χ0v) is 64.4. The van der Waals surface area contributed by atoms with Gasteiger partial charge in [-0.3, -0.25) is 0 Å². The van der Waals surface area contributed by atoms with Crippen molar-refractivity contribution in [2.75, 3.05) is 0 Å². The summed E-state index contributed by atoms with van der Waals surface area (Å²) >= 11 is 0. The molecule has 0 saturated carbocycles. The van der Waals surface area contributed by atoms with E-state index in [1.807, 2.05) is 23.2 Å². The second-order valence-electron chi connectivity index (χ2n) is 29.9. The molecule has 5 aromatic heterocycles. The lowest BCUT2D eigenvalue weighted by Gasteiger charge is -2.11. The largest absolute Gasteiger partial charge is 0.208 e. The first-order valence-electron chi connectivity index (χ1n) is 38.0. The summed E-state index contributed by atoms with van der Waals surface area (Å²) in [6.07, 6.45) is 29.7. The van der Waals surface area contributed by atoms with Crippen molar-refractivity contribution >= 4 is 154 Å². The molecular formula is C105H90N5+5. The Morgan fingerprint density at radius 2 is 0.409 bits per heavy atom. The highest BCUT2D eigenvalue weighted by Crippen LogP contribution is 2.39. The van der Waals surface area contributed by atoms with Crippen LogP contribution in [0, 0.1) is 34.6 Å². The van der Waals surface area contributed by atoms with Crippen molar-refractivity contribution in [2.45, 2.75) is 34.6 Å². The minimum Gasteiger partial charge on any atom is -0.208 e. The maximum Gasteiger partial charge on any atom is 0.176 e. The van der Waals surface area contributed by atoms with Crippen molar-refractivity contribution in [3.63, 3.8) is 0 Å². The number of hydrogen-bond acceptors (Lipinski definition) is 0. The lowest BCUT2D eigenvalue weighted by atomic mass is 9.92. The smallest absolute Gasteiger partial charge is 0.176 e. The van der Waals surface area contributed by atoms with Crippen LogP contribution in [-0.2, 0) is 35.2 Å². The summed E-state index contributed by atoms with van der Waals surface area (Å²) in [4.78, 5) is 0. The average Bonchev–Trinajstić information content (AvgIpc) is 0.743. The topological polar surface area (TPSA) is 19.4 Å². The minimum atomic E-state index is 1.21. The average molecular weight is 1420 g/mol. The van der Waals surface area contributed by atoms with Crippen LogP contribution in [0.2, 0.25) is 0 Å². The summed E-state index contributed by atoms with van der Waals surface area (Å²) in [5, 5.41) is 31.5. The molecule has 0 atom stereocenters. The molecular weight excluding hydrogens is 1330 g/mol. The molecule has 0 radical (unpaired) electrons. The molecule has 15 aromatic carbocycles. The summed E-state index contributed by atoms with van der Waals surface area (Å²) in [7, 11) is 10.2. The Hall–Kier alpha value is -13.4. The van der Waals surface area contributed by atoms with Gasteiger partial charge in [-0.15, -0.1) is 0 Å². The van der Waals surface area contributed by atoms with Crippen LogP contribution in [0.3, 0.4) is 0 Å². The van der Waals surface area contributed by atoms with Gasteiger partial charge in [0.05, 0.1) is 0 Å². The van der Waals surface area contributed by atoms with Crippen LogP contribution in [0.25, 0.3) is 165 Å². The van der Waals surface area contributed by atoms with Crippen molar-refractivity contribution in [1.82, 2.24) is 0 Å². The van der Waals surface area contributed by atoms with Crippen LogP contribution in [0.15, 0.2) is 341 Å². The molecule has 0 saturated heterocycles. The number of pyridine rings is 5. The van der Waals surface area contributed by atoms with E-state index in [1.54, 1.807) is 0 Å². The molecule has 0 amide bonds. The first-order valence-corrected chi connectivity index (χ1v) is 38.0. The first-order chi connectivity index (χ1) is 53.5. The van der Waals surface area contributed by atoms with Gasteiger partial charge in [0.2, 0.25) is 0 Å². The molecule has 5 nitrogen and oxygen atoms in total. The molecule has 0 spiro atoms. The van der Waals surface area contributed by atoms with Gasteiger partial charge in [-0.1, -0.05) is 252 Å². The third-order valence-electron chi connectivity index (χ3n) is 21.4. The van der Waals surface area contributed by atoms with Crippen LogP contribution >= 0.6 is 0 Å². The molecule has 0 bridgehead atoms. The van der Waals surface area contributed by atoms with Gasteiger partial charge in [0, 0.05) is 69.4 Å². The second kappa shape index (κ2) is 30.9. The first kappa shape index (κ1) is 70.9. The van der Waals surface area contributed by atoms with Crippen LogP contribution < -0.4 is 22.8 Å². The van der Waals surface area contributed by atoms with Crippen molar-refractivity contribution in [3.05, 3.63) is 391 Å². The van der Waals surface area contributed by atoms with Gasteiger partial charge in [-0.25, -0.2) is 22.8 Å². The van der Waals surface area contributed by atoms with Gasteiger partial charge >= 0.3 is 0 Å². The summed E-state index contributed by atoms with van der Waals surface area (Å²) in [5.41, 5.74) is 14.0. The van der Waals surface area contributed by atoms with Crippen LogP contribution in [0.1, 0.15) is 50.1 Å². The summed E-state index contributed by atoms with van der Waals surface area (Å²) in [6.45, 7) is 10.7. The Morgan fingerprint density at radius 1 is 0.164 bits per heavy atom. The number of nitrogens with zero attached hydrogens (tertiary/aromatic N) is 5.